The molecule has 9 heteroatoms. The van der Waals surface area contributed by atoms with E-state index in [4.69, 9.17) is 16.7 Å². The highest BCUT2D eigenvalue weighted by Gasteiger charge is 2.23. The van der Waals surface area contributed by atoms with Gasteiger partial charge in [-0.1, -0.05) is 23.7 Å². The van der Waals surface area contributed by atoms with Crippen LogP contribution in [-0.4, -0.2) is 24.5 Å². The number of nitrogens with zero attached hydrogens (tertiary/aromatic N) is 1. The highest BCUT2D eigenvalue weighted by molar-refractivity contribution is 7.89. The van der Waals surface area contributed by atoms with Gasteiger partial charge in [-0.3, -0.25) is 0 Å². The smallest absolute Gasteiger partial charge is 0.339 e. The van der Waals surface area contributed by atoms with Crippen LogP contribution in [-0.2, 0) is 10.0 Å². The number of anilines is 2. The molecule has 0 aliphatic heterocycles. The van der Waals surface area contributed by atoms with Crippen molar-refractivity contribution in [2.24, 2.45) is 5.14 Å². The minimum Gasteiger partial charge on any atom is -0.478 e. The van der Waals surface area contributed by atoms with E-state index in [1.54, 1.807) is 18.2 Å². The summed E-state index contributed by atoms with van der Waals surface area (Å²) in [4.78, 5) is 14.8. The van der Waals surface area contributed by atoms with Crippen molar-refractivity contribution in [1.82, 2.24) is 4.98 Å². The highest BCUT2D eigenvalue weighted by atomic mass is 35.5. The molecule has 0 atom stereocenters. The molecule has 0 bridgehead atoms. The molecule has 0 saturated carbocycles. The van der Waals surface area contributed by atoms with Gasteiger partial charge in [0.05, 0.1) is 5.69 Å². The molecule has 4 N–H and O–H groups in total. The predicted octanol–water partition coefficient (Wildman–Crippen LogP) is 2.13. The van der Waals surface area contributed by atoms with Crippen LogP contribution in [0.5, 0.6) is 0 Å². The van der Waals surface area contributed by atoms with Crippen LogP contribution in [0, 0.1) is 6.92 Å². The molecule has 0 saturated heterocycles. The van der Waals surface area contributed by atoms with Gasteiger partial charge in [-0.15, -0.1) is 0 Å². The van der Waals surface area contributed by atoms with Crippen LogP contribution in [0.2, 0.25) is 5.02 Å². The molecule has 1 aromatic heterocycles. The fourth-order valence-electron chi connectivity index (χ4n) is 1.82. The van der Waals surface area contributed by atoms with E-state index < -0.39 is 21.0 Å². The molecule has 1 aromatic carbocycles. The largest absolute Gasteiger partial charge is 0.478 e. The molecular formula is C13H12ClN3O4S. The Kier molecular flexibility index (Phi) is 4.36. The van der Waals surface area contributed by atoms with E-state index in [1.807, 2.05) is 13.0 Å². The molecule has 0 radical (unpaired) electrons. The maximum absolute atomic E-state index is 11.4. The van der Waals surface area contributed by atoms with Crippen LogP contribution in [0.4, 0.5) is 11.4 Å². The van der Waals surface area contributed by atoms with Crippen LogP contribution in [0.25, 0.3) is 0 Å². The summed E-state index contributed by atoms with van der Waals surface area (Å²) in [5.41, 5.74) is 1.13. The molecule has 2 aromatic rings. The number of aromatic carboxylic acids is 1. The van der Waals surface area contributed by atoms with Gasteiger partial charge in [0.15, 0.2) is 5.03 Å². The van der Waals surface area contributed by atoms with Crippen molar-refractivity contribution >= 4 is 39.0 Å². The summed E-state index contributed by atoms with van der Waals surface area (Å²) in [6.45, 7) is 1.85. The molecule has 0 unspecified atom stereocenters. The summed E-state index contributed by atoms with van der Waals surface area (Å²) in [6, 6.07) is 7.05. The van der Waals surface area contributed by atoms with Gasteiger partial charge in [0, 0.05) is 11.9 Å². The average Bonchev–Trinajstić information content (AvgIpc) is 2.39. The third-order valence-corrected chi connectivity index (χ3v) is 4.10. The number of benzene rings is 1. The lowest BCUT2D eigenvalue weighted by Gasteiger charge is -2.13. The van der Waals surface area contributed by atoms with Gasteiger partial charge in [-0.2, -0.15) is 0 Å². The Morgan fingerprint density at radius 2 is 2.09 bits per heavy atom. The number of halogens is 1. The summed E-state index contributed by atoms with van der Waals surface area (Å²) in [7, 11) is -4.17. The fourth-order valence-corrected chi connectivity index (χ4v) is 2.89. The third-order valence-electron chi connectivity index (χ3n) is 2.77. The van der Waals surface area contributed by atoms with Crippen LogP contribution in [0.15, 0.2) is 35.5 Å². The van der Waals surface area contributed by atoms with Gasteiger partial charge in [0.1, 0.15) is 10.6 Å². The number of pyridine rings is 1. The number of nitrogens with two attached hydrogens (primary N) is 1. The maximum atomic E-state index is 11.4. The van der Waals surface area contributed by atoms with E-state index >= 15 is 0 Å². The second-order valence-electron chi connectivity index (χ2n) is 4.51. The molecule has 0 aliphatic carbocycles. The first-order valence-corrected chi connectivity index (χ1v) is 7.91. The fraction of sp³-hybridized carbons (Fsp3) is 0.0769. The molecule has 1 heterocycles. The molecule has 0 fully saturated rings. The lowest BCUT2D eigenvalue weighted by Crippen LogP contribution is -2.16. The third kappa shape index (κ3) is 3.35. The van der Waals surface area contributed by atoms with Gasteiger partial charge >= 0.3 is 5.97 Å². The number of primary sulfonamides is 1. The van der Waals surface area contributed by atoms with Gasteiger partial charge in [0.2, 0.25) is 0 Å². The lowest BCUT2D eigenvalue weighted by atomic mass is 10.2. The van der Waals surface area contributed by atoms with Gasteiger partial charge < -0.3 is 10.4 Å². The van der Waals surface area contributed by atoms with E-state index in [9.17, 15) is 18.3 Å². The van der Waals surface area contributed by atoms with Crippen molar-refractivity contribution in [3.8, 4) is 0 Å². The minimum absolute atomic E-state index is 0.0845. The normalized spacial score (nSPS) is 11.2. The number of carboxylic acid groups (broad SMARTS) is 1. The molecule has 0 amide bonds. The minimum atomic E-state index is -4.17. The molecule has 0 aliphatic rings. The number of carboxylic acids is 1. The molecular weight excluding hydrogens is 330 g/mol. The van der Waals surface area contributed by atoms with Gasteiger partial charge in [-0.25, -0.2) is 23.3 Å². The molecule has 2 rings (SSSR count). The van der Waals surface area contributed by atoms with Crippen molar-refractivity contribution in [2.45, 2.75) is 11.9 Å². The first kappa shape index (κ1) is 16.2. The summed E-state index contributed by atoms with van der Waals surface area (Å²) < 4.78 is 22.9. The van der Waals surface area contributed by atoms with E-state index in [0.717, 1.165) is 11.8 Å². The maximum Gasteiger partial charge on any atom is 0.339 e. The number of rotatable bonds is 4. The molecule has 116 valence electrons. The summed E-state index contributed by atoms with van der Waals surface area (Å²) in [5.74, 6) is -1.30. The van der Waals surface area contributed by atoms with Gasteiger partial charge in [-0.05, 0) is 24.6 Å². The van der Waals surface area contributed by atoms with E-state index in [0.29, 0.717) is 5.69 Å². The first-order valence-electron chi connectivity index (χ1n) is 5.98. The molecule has 0 spiro atoms. The number of carbonyl (C=O) groups is 1. The van der Waals surface area contributed by atoms with Crippen LogP contribution >= 0.6 is 11.6 Å². The van der Waals surface area contributed by atoms with Crippen molar-refractivity contribution in [2.75, 3.05) is 5.32 Å². The van der Waals surface area contributed by atoms with E-state index in [2.05, 4.69) is 10.3 Å². The quantitative estimate of drug-likeness (QED) is 0.783. The molecule has 7 nitrogen and oxygen atoms in total. The second kappa shape index (κ2) is 5.91. The first-order chi connectivity index (χ1) is 10.2. The average molecular weight is 342 g/mol. The Hall–Kier alpha value is -2.16. The predicted molar refractivity (Wildman–Crippen MR) is 82.0 cm³/mol. The molecule has 22 heavy (non-hydrogen) atoms. The van der Waals surface area contributed by atoms with Crippen molar-refractivity contribution < 1.29 is 18.3 Å². The second-order valence-corrected chi connectivity index (χ2v) is 6.37. The Bertz CT molecular complexity index is 852. The standard InChI is InChI=1S/C13H12ClN3O4S/c1-7-3-2-4-8(5-7)17-11-9(13(18)19)6-16-12(10(11)14)22(15,20)21/h2-6H,1H3,(H,16,17)(H,18,19)(H2,15,20,21). The Morgan fingerprint density at radius 3 is 2.64 bits per heavy atom. The zero-order valence-corrected chi connectivity index (χ0v) is 12.9. The van der Waals surface area contributed by atoms with Gasteiger partial charge in [0.25, 0.3) is 10.0 Å². The van der Waals surface area contributed by atoms with E-state index in [-0.39, 0.29) is 16.3 Å². The Morgan fingerprint density at radius 1 is 1.41 bits per heavy atom. The Labute approximate surface area is 131 Å². The summed E-state index contributed by atoms with van der Waals surface area (Å²) in [6.07, 6.45) is 0.895. The van der Waals surface area contributed by atoms with Crippen molar-refractivity contribution in [1.29, 1.82) is 0 Å². The van der Waals surface area contributed by atoms with Crippen LogP contribution < -0.4 is 10.5 Å². The van der Waals surface area contributed by atoms with Crippen molar-refractivity contribution in [3.63, 3.8) is 0 Å². The topological polar surface area (TPSA) is 122 Å². The summed E-state index contributed by atoms with van der Waals surface area (Å²) in [5, 5.41) is 16.1. The van der Waals surface area contributed by atoms with Crippen molar-refractivity contribution in [3.05, 3.63) is 46.6 Å². The number of aromatic nitrogens is 1. The SMILES string of the molecule is Cc1cccc(Nc2c(C(=O)O)cnc(S(N)(=O)=O)c2Cl)c1. The summed E-state index contributed by atoms with van der Waals surface area (Å²) >= 11 is 5.98. The number of hydrogen-bond donors (Lipinski definition) is 3. The number of sulfonamides is 1. The van der Waals surface area contributed by atoms with Crippen LogP contribution in [0.1, 0.15) is 15.9 Å². The van der Waals surface area contributed by atoms with E-state index in [1.165, 1.54) is 0 Å². The monoisotopic (exact) mass is 341 g/mol. The zero-order chi connectivity index (χ0) is 16.5. The number of hydrogen-bond acceptors (Lipinski definition) is 5. The Balaban J connectivity index is 2.63. The number of nitrogens with one attached hydrogen (secondary N) is 1. The zero-order valence-electron chi connectivity index (χ0n) is 11.4. The number of aryl methyl sites for hydroxylation is 1. The van der Waals surface area contributed by atoms with Crippen LogP contribution in [0.3, 0.4) is 0 Å². The lowest BCUT2D eigenvalue weighted by molar-refractivity contribution is 0.0697. The highest BCUT2D eigenvalue weighted by Crippen LogP contribution is 2.33.